The fraction of sp³-hybridized carbons (Fsp3) is 0.500. The van der Waals surface area contributed by atoms with Gasteiger partial charge in [-0.1, -0.05) is 87.8 Å². The van der Waals surface area contributed by atoms with E-state index in [1.807, 2.05) is 0 Å². The van der Waals surface area contributed by atoms with E-state index in [-0.39, 0.29) is 6.61 Å². The van der Waals surface area contributed by atoms with Crippen LogP contribution in [0.25, 0.3) is 0 Å². The second kappa shape index (κ2) is 7.26. The molecule has 1 aromatic rings. The Morgan fingerprint density at radius 3 is 1.68 bits per heavy atom. The molecule has 1 radical (unpaired) electrons. The minimum absolute atomic E-state index is 0.154. The van der Waals surface area contributed by atoms with Crippen LogP contribution >= 0.6 is 69.6 Å². The van der Waals surface area contributed by atoms with Gasteiger partial charge in [0.25, 0.3) is 0 Å². The van der Waals surface area contributed by atoms with E-state index >= 15 is 0 Å². The van der Waals surface area contributed by atoms with E-state index in [2.05, 4.69) is 0 Å². The molecule has 19 heavy (non-hydrogen) atoms. The molecule has 107 valence electrons. The molecule has 0 saturated carbocycles. The molecule has 1 rings (SSSR count). The molecule has 0 aliphatic heterocycles. The van der Waals surface area contributed by atoms with E-state index in [9.17, 15) is 5.11 Å². The Hall–Kier alpha value is 0.920. The van der Waals surface area contributed by atoms with Crippen molar-refractivity contribution in [1.82, 2.24) is 0 Å². The van der Waals surface area contributed by atoms with E-state index in [1.54, 1.807) is 18.2 Å². The predicted octanol–water partition coefficient (Wildman–Crippen LogP) is 6.09. The molecule has 7 heteroatoms. The van der Waals surface area contributed by atoms with Crippen LogP contribution in [0.3, 0.4) is 0 Å². The van der Waals surface area contributed by atoms with E-state index in [1.165, 1.54) is 0 Å². The van der Waals surface area contributed by atoms with Crippen LogP contribution in [0, 0.1) is 0 Å². The van der Waals surface area contributed by atoms with Gasteiger partial charge in [-0.25, -0.2) is 5.11 Å². The summed E-state index contributed by atoms with van der Waals surface area (Å²) in [6, 6.07) is 5.03. The van der Waals surface area contributed by atoms with E-state index in [0.717, 1.165) is 0 Å². The summed E-state index contributed by atoms with van der Waals surface area (Å²) in [7, 11) is 0. The van der Waals surface area contributed by atoms with Gasteiger partial charge in [0.05, 0.1) is 6.61 Å². The van der Waals surface area contributed by atoms with Gasteiger partial charge in [-0.05, 0) is 24.8 Å². The zero-order chi connectivity index (χ0) is 14.7. The summed E-state index contributed by atoms with van der Waals surface area (Å²) in [4.78, 5) is 0. The van der Waals surface area contributed by atoms with Gasteiger partial charge in [-0.15, -0.1) is 0 Å². The normalized spacial score (nSPS) is 12.8. The minimum Gasteiger partial charge on any atom is -0.237 e. The zero-order valence-electron chi connectivity index (χ0n) is 9.74. The van der Waals surface area contributed by atoms with E-state index in [4.69, 9.17) is 69.6 Å². The molecule has 0 aliphatic rings. The molecule has 0 amide bonds. The predicted molar refractivity (Wildman–Crippen MR) is 83.4 cm³/mol. The molecule has 0 N–H and O–H groups in total. The minimum atomic E-state index is -1.60. The van der Waals surface area contributed by atoms with Crippen LogP contribution in [-0.4, -0.2) is 6.61 Å². The largest absolute Gasteiger partial charge is 0.237 e. The Labute approximate surface area is 142 Å². The molecule has 0 bridgehead atoms. The smallest absolute Gasteiger partial charge is 0.216 e. The number of halogens is 6. The Morgan fingerprint density at radius 1 is 0.842 bits per heavy atom. The first-order valence-corrected chi connectivity index (χ1v) is 7.79. The van der Waals surface area contributed by atoms with Crippen molar-refractivity contribution in [3.05, 3.63) is 34.9 Å². The summed E-state index contributed by atoms with van der Waals surface area (Å²) in [5.41, 5.74) is 1.63. The van der Waals surface area contributed by atoms with Gasteiger partial charge < -0.3 is 0 Å². The van der Waals surface area contributed by atoms with Crippen LogP contribution in [0.15, 0.2) is 18.2 Å². The lowest BCUT2D eigenvalue weighted by Gasteiger charge is -2.23. The van der Waals surface area contributed by atoms with E-state index in [0.29, 0.717) is 36.0 Å². The maximum absolute atomic E-state index is 10.5. The number of hydrogen-bond acceptors (Lipinski definition) is 0. The maximum Gasteiger partial charge on any atom is 0.216 e. The summed E-state index contributed by atoms with van der Waals surface area (Å²) in [5, 5.41) is 10.5. The molecule has 0 spiro atoms. The van der Waals surface area contributed by atoms with Gasteiger partial charge in [0.15, 0.2) is 0 Å². The van der Waals surface area contributed by atoms with Crippen LogP contribution in [-0.2, 0) is 19.1 Å². The highest BCUT2D eigenvalue weighted by molar-refractivity contribution is 6.67. The molecule has 0 aliphatic carbocycles. The average molecular weight is 384 g/mol. The van der Waals surface area contributed by atoms with Crippen LogP contribution in [0.4, 0.5) is 0 Å². The molecular weight excluding hydrogens is 373 g/mol. The van der Waals surface area contributed by atoms with Crippen molar-refractivity contribution in [2.45, 2.75) is 26.8 Å². The monoisotopic (exact) mass is 381 g/mol. The summed E-state index contributed by atoms with van der Waals surface area (Å²) in [6.07, 6.45) is 1.69. The van der Waals surface area contributed by atoms with Crippen molar-refractivity contribution in [3.63, 3.8) is 0 Å². The molecule has 1 aromatic carbocycles. The van der Waals surface area contributed by atoms with E-state index < -0.39 is 7.59 Å². The summed E-state index contributed by atoms with van der Waals surface area (Å²) in [5.74, 6) is 0. The third-order valence-electron chi connectivity index (χ3n) is 2.61. The average Bonchev–Trinajstić information content (AvgIpc) is 2.26. The van der Waals surface area contributed by atoms with Crippen molar-refractivity contribution in [2.24, 2.45) is 0 Å². The standard InChI is InChI=1S/C12H11Cl6O/c13-11(14,15)9-5-3-6-10(12(16,17)18)8(9)4-1-2-7-19/h3,5-6H,1-2,4,7H2. The first-order chi connectivity index (χ1) is 8.68. The number of rotatable bonds is 4. The highest BCUT2D eigenvalue weighted by Gasteiger charge is 2.32. The van der Waals surface area contributed by atoms with Crippen molar-refractivity contribution in [3.8, 4) is 0 Å². The molecule has 0 heterocycles. The molecule has 0 saturated heterocycles. The van der Waals surface area contributed by atoms with Crippen molar-refractivity contribution < 1.29 is 5.11 Å². The molecular formula is C12H11Cl6O. The summed E-state index contributed by atoms with van der Waals surface area (Å²) >= 11 is 35.6. The second-order valence-electron chi connectivity index (χ2n) is 3.99. The zero-order valence-corrected chi connectivity index (χ0v) is 14.3. The molecule has 0 atom stereocenters. The van der Waals surface area contributed by atoms with Gasteiger partial charge in [0, 0.05) is 11.1 Å². The number of unbranched alkanes of at least 4 members (excludes halogenated alkanes) is 1. The summed E-state index contributed by atoms with van der Waals surface area (Å²) in [6.45, 7) is -0.154. The van der Waals surface area contributed by atoms with Crippen molar-refractivity contribution in [1.29, 1.82) is 0 Å². The molecule has 0 fully saturated rings. The maximum atomic E-state index is 10.5. The SMILES string of the molecule is [O]CCCCc1c(C(Cl)(Cl)Cl)cccc1C(Cl)(Cl)Cl. The third kappa shape index (κ3) is 5.32. The summed E-state index contributed by atoms with van der Waals surface area (Å²) < 4.78 is -3.20. The molecule has 0 unspecified atom stereocenters. The Bertz CT molecular complexity index is 389. The number of alkyl halides is 6. The molecule has 1 nitrogen and oxygen atoms in total. The second-order valence-corrected chi connectivity index (χ2v) is 8.55. The lowest BCUT2D eigenvalue weighted by Crippen LogP contribution is -2.13. The topological polar surface area (TPSA) is 19.9 Å². The third-order valence-corrected chi connectivity index (χ3v) is 3.83. The highest BCUT2D eigenvalue weighted by atomic mass is 35.6. The van der Waals surface area contributed by atoms with Crippen LogP contribution in [0.1, 0.15) is 29.5 Å². The van der Waals surface area contributed by atoms with Gasteiger partial charge in [-0.2, -0.15) is 0 Å². The number of benzene rings is 1. The Balaban J connectivity index is 3.25. The molecule has 0 aromatic heterocycles. The van der Waals surface area contributed by atoms with Gasteiger partial charge in [0.2, 0.25) is 7.59 Å². The first-order valence-electron chi connectivity index (χ1n) is 5.52. The Morgan fingerprint density at radius 2 is 1.32 bits per heavy atom. The first kappa shape index (κ1) is 18.0. The van der Waals surface area contributed by atoms with Gasteiger partial charge in [0.1, 0.15) is 0 Å². The fourth-order valence-corrected chi connectivity index (χ4v) is 2.85. The highest BCUT2D eigenvalue weighted by Crippen LogP contribution is 2.46. The Kier molecular flexibility index (Phi) is 6.87. The van der Waals surface area contributed by atoms with Crippen LogP contribution in [0.2, 0.25) is 0 Å². The van der Waals surface area contributed by atoms with Crippen molar-refractivity contribution in [2.75, 3.05) is 6.61 Å². The van der Waals surface area contributed by atoms with Crippen LogP contribution in [0.5, 0.6) is 0 Å². The quantitative estimate of drug-likeness (QED) is 0.442. The number of hydrogen-bond donors (Lipinski definition) is 0. The van der Waals surface area contributed by atoms with Gasteiger partial charge >= 0.3 is 0 Å². The van der Waals surface area contributed by atoms with Gasteiger partial charge in [-0.3, -0.25) is 0 Å². The fourth-order valence-electron chi connectivity index (χ4n) is 1.79. The van der Waals surface area contributed by atoms with Crippen molar-refractivity contribution >= 4 is 69.6 Å². The lowest BCUT2D eigenvalue weighted by molar-refractivity contribution is 0.187. The van der Waals surface area contributed by atoms with Crippen LogP contribution < -0.4 is 0 Å². The lowest BCUT2D eigenvalue weighted by atomic mass is 9.97.